The molecule has 3 rings (SSSR count). The molecule has 0 N–H and O–H groups in total. The zero-order valence-electron chi connectivity index (χ0n) is 11.6. The van der Waals surface area contributed by atoms with Crippen molar-refractivity contribution in [2.45, 2.75) is 6.92 Å². The first-order valence-corrected chi connectivity index (χ1v) is 6.68. The van der Waals surface area contributed by atoms with Gasteiger partial charge in [0, 0.05) is 18.0 Å². The Hall–Kier alpha value is -2.88. The van der Waals surface area contributed by atoms with E-state index >= 15 is 0 Å². The number of rotatable bonds is 3. The van der Waals surface area contributed by atoms with Gasteiger partial charge in [-0.25, -0.2) is 9.97 Å². The van der Waals surface area contributed by atoms with Gasteiger partial charge in [0.25, 0.3) is 0 Å². The topological polar surface area (TPSA) is 50.5 Å². The highest BCUT2D eigenvalue weighted by Gasteiger charge is 2.07. The predicted octanol–water partition coefficient (Wildman–Crippen LogP) is 4.87. The van der Waals surface area contributed by atoms with Crippen molar-refractivity contribution >= 4 is 11.6 Å². The molecule has 2 heterocycles. The smallest absolute Gasteiger partial charge is 0.182 e. The molecular formula is C17H14N4. The summed E-state index contributed by atoms with van der Waals surface area (Å²) < 4.78 is 0. The summed E-state index contributed by atoms with van der Waals surface area (Å²) >= 11 is 0. The van der Waals surface area contributed by atoms with Gasteiger partial charge in [-0.2, -0.15) is 0 Å². The maximum Gasteiger partial charge on any atom is 0.182 e. The first-order valence-electron chi connectivity index (χ1n) is 6.68. The molecule has 0 saturated carbocycles. The van der Waals surface area contributed by atoms with Crippen molar-refractivity contribution in [3.05, 3.63) is 72.6 Å². The summed E-state index contributed by atoms with van der Waals surface area (Å²) in [4.78, 5) is 8.45. The van der Waals surface area contributed by atoms with Crippen LogP contribution in [-0.2, 0) is 0 Å². The second kappa shape index (κ2) is 6.05. The number of aryl methyl sites for hydroxylation is 1. The van der Waals surface area contributed by atoms with Gasteiger partial charge in [0.1, 0.15) is 0 Å². The summed E-state index contributed by atoms with van der Waals surface area (Å²) in [6.07, 6.45) is 3.41. The maximum absolute atomic E-state index is 4.32. The summed E-state index contributed by atoms with van der Waals surface area (Å²) in [6, 6.07) is 17.6. The van der Waals surface area contributed by atoms with Gasteiger partial charge in [0.05, 0.1) is 0 Å². The Labute approximate surface area is 123 Å². The molecule has 0 aliphatic heterocycles. The fourth-order valence-corrected chi connectivity index (χ4v) is 2.07. The van der Waals surface area contributed by atoms with Gasteiger partial charge in [-0.05, 0) is 42.3 Å². The number of hydrogen-bond donors (Lipinski definition) is 0. The fraction of sp³-hybridized carbons (Fsp3) is 0.0588. The van der Waals surface area contributed by atoms with Crippen LogP contribution in [0.1, 0.15) is 5.56 Å². The van der Waals surface area contributed by atoms with Crippen molar-refractivity contribution < 1.29 is 0 Å². The van der Waals surface area contributed by atoms with Crippen LogP contribution in [0.5, 0.6) is 0 Å². The standard InChI is InChI=1S/C17H14N4/c1-13-7-2-3-8-14(13)15-9-6-12-19-17(15)21-20-16-10-4-5-11-18-16/h2-12H,1H3. The number of aromatic nitrogens is 2. The Morgan fingerprint density at radius 3 is 2.29 bits per heavy atom. The van der Waals surface area contributed by atoms with E-state index in [1.54, 1.807) is 18.5 Å². The van der Waals surface area contributed by atoms with Crippen LogP contribution in [0.15, 0.2) is 77.2 Å². The average Bonchev–Trinajstić information content (AvgIpc) is 2.55. The summed E-state index contributed by atoms with van der Waals surface area (Å²) in [6.45, 7) is 2.07. The Kier molecular flexibility index (Phi) is 3.78. The highest BCUT2D eigenvalue weighted by Crippen LogP contribution is 2.31. The van der Waals surface area contributed by atoms with E-state index in [0.29, 0.717) is 11.6 Å². The third-order valence-electron chi connectivity index (χ3n) is 3.12. The molecule has 102 valence electrons. The van der Waals surface area contributed by atoms with Crippen LogP contribution in [-0.4, -0.2) is 9.97 Å². The van der Waals surface area contributed by atoms with Crippen molar-refractivity contribution in [2.75, 3.05) is 0 Å². The minimum absolute atomic E-state index is 0.568. The van der Waals surface area contributed by atoms with Gasteiger partial charge in [0.15, 0.2) is 11.6 Å². The van der Waals surface area contributed by atoms with Crippen LogP contribution in [0.25, 0.3) is 11.1 Å². The third kappa shape index (κ3) is 3.00. The molecule has 3 aromatic rings. The first-order chi connectivity index (χ1) is 10.3. The average molecular weight is 274 g/mol. The highest BCUT2D eigenvalue weighted by atomic mass is 15.2. The summed E-state index contributed by atoms with van der Waals surface area (Å²) in [5, 5.41) is 8.39. The zero-order chi connectivity index (χ0) is 14.5. The second-order valence-electron chi connectivity index (χ2n) is 4.58. The summed E-state index contributed by atoms with van der Waals surface area (Å²) in [5.74, 6) is 1.16. The lowest BCUT2D eigenvalue weighted by atomic mass is 10.0. The van der Waals surface area contributed by atoms with E-state index in [1.807, 2.05) is 36.4 Å². The molecule has 21 heavy (non-hydrogen) atoms. The van der Waals surface area contributed by atoms with Gasteiger partial charge in [-0.15, -0.1) is 10.2 Å². The second-order valence-corrected chi connectivity index (χ2v) is 4.58. The van der Waals surface area contributed by atoms with Gasteiger partial charge in [0.2, 0.25) is 0 Å². The minimum atomic E-state index is 0.568. The molecule has 4 nitrogen and oxygen atoms in total. The van der Waals surface area contributed by atoms with Crippen LogP contribution >= 0.6 is 0 Å². The molecule has 1 aromatic carbocycles. The summed E-state index contributed by atoms with van der Waals surface area (Å²) in [5.41, 5.74) is 3.26. The highest BCUT2D eigenvalue weighted by molar-refractivity contribution is 5.75. The predicted molar refractivity (Wildman–Crippen MR) is 82.8 cm³/mol. The Balaban J connectivity index is 2.01. The minimum Gasteiger partial charge on any atom is -0.236 e. The number of hydrogen-bond acceptors (Lipinski definition) is 4. The largest absolute Gasteiger partial charge is 0.236 e. The number of benzene rings is 1. The van der Waals surface area contributed by atoms with Crippen molar-refractivity contribution in [1.29, 1.82) is 0 Å². The summed E-state index contributed by atoms with van der Waals surface area (Å²) in [7, 11) is 0. The molecule has 0 radical (unpaired) electrons. The molecule has 0 saturated heterocycles. The van der Waals surface area contributed by atoms with Crippen LogP contribution in [0.2, 0.25) is 0 Å². The van der Waals surface area contributed by atoms with Crippen molar-refractivity contribution in [2.24, 2.45) is 10.2 Å². The van der Waals surface area contributed by atoms with Gasteiger partial charge < -0.3 is 0 Å². The molecule has 0 spiro atoms. The number of nitrogens with zero attached hydrogens (tertiary/aromatic N) is 4. The van der Waals surface area contributed by atoms with Crippen LogP contribution in [0.4, 0.5) is 11.6 Å². The molecule has 0 aliphatic rings. The maximum atomic E-state index is 4.32. The zero-order valence-corrected chi connectivity index (χ0v) is 11.6. The fourth-order valence-electron chi connectivity index (χ4n) is 2.07. The molecule has 0 atom stereocenters. The van der Waals surface area contributed by atoms with E-state index in [9.17, 15) is 0 Å². The van der Waals surface area contributed by atoms with Crippen LogP contribution < -0.4 is 0 Å². The first kappa shape index (κ1) is 13.1. The van der Waals surface area contributed by atoms with Crippen LogP contribution in [0.3, 0.4) is 0 Å². The quantitative estimate of drug-likeness (QED) is 0.640. The molecule has 0 aliphatic carbocycles. The molecular weight excluding hydrogens is 260 g/mol. The van der Waals surface area contributed by atoms with Crippen molar-refractivity contribution in [3.8, 4) is 11.1 Å². The molecule has 2 aromatic heterocycles. The van der Waals surface area contributed by atoms with Crippen LogP contribution in [0, 0.1) is 6.92 Å². The van der Waals surface area contributed by atoms with Gasteiger partial charge >= 0.3 is 0 Å². The van der Waals surface area contributed by atoms with E-state index < -0.39 is 0 Å². The van der Waals surface area contributed by atoms with E-state index in [2.05, 4.69) is 39.3 Å². The SMILES string of the molecule is Cc1ccccc1-c1cccnc1N=Nc1ccccn1. The lowest BCUT2D eigenvalue weighted by Gasteiger charge is -2.07. The lowest BCUT2D eigenvalue weighted by Crippen LogP contribution is -1.85. The monoisotopic (exact) mass is 274 g/mol. The molecule has 0 amide bonds. The number of azo groups is 1. The Morgan fingerprint density at radius 2 is 1.48 bits per heavy atom. The Bertz CT molecular complexity index is 767. The van der Waals surface area contributed by atoms with E-state index in [0.717, 1.165) is 11.1 Å². The normalized spacial score (nSPS) is 10.9. The van der Waals surface area contributed by atoms with Crippen molar-refractivity contribution in [3.63, 3.8) is 0 Å². The van der Waals surface area contributed by atoms with E-state index in [4.69, 9.17) is 0 Å². The van der Waals surface area contributed by atoms with E-state index in [1.165, 1.54) is 5.56 Å². The molecule has 0 fully saturated rings. The Morgan fingerprint density at radius 1 is 0.714 bits per heavy atom. The van der Waals surface area contributed by atoms with Gasteiger partial charge in [-0.1, -0.05) is 30.3 Å². The molecule has 0 bridgehead atoms. The lowest BCUT2D eigenvalue weighted by molar-refractivity contribution is 1.11. The van der Waals surface area contributed by atoms with E-state index in [-0.39, 0.29) is 0 Å². The number of pyridine rings is 2. The molecule has 0 unspecified atom stereocenters. The molecule has 4 heteroatoms. The van der Waals surface area contributed by atoms with Gasteiger partial charge in [-0.3, -0.25) is 0 Å². The third-order valence-corrected chi connectivity index (χ3v) is 3.12. The van der Waals surface area contributed by atoms with Crippen molar-refractivity contribution in [1.82, 2.24) is 9.97 Å².